The van der Waals surface area contributed by atoms with Gasteiger partial charge in [0.1, 0.15) is 11.6 Å². The standard InChI is InChI=1S/C38H41N7O6SSi/c1-8-23-9-13-28-24(17-23)10-11-25-18-27(51-53(6,7)38(3,4)5)12-14-29(25)33(28)30-20-44(36(50)42-34(30)49)31-15-16-39-35(41-31)43-45(22(2)46)37-40-26(21-52-37)19-32(47)48/h9-18,20-21,33H,8,19H2,1-7H3,(H,47,48)(H,39,41,43)(H,42,49,50). The maximum Gasteiger partial charge on any atom is 0.334 e. The van der Waals surface area contributed by atoms with Crippen LogP contribution in [0.2, 0.25) is 18.1 Å². The maximum atomic E-state index is 13.8. The smallest absolute Gasteiger partial charge is 0.334 e. The highest BCUT2D eigenvalue weighted by molar-refractivity contribution is 7.14. The van der Waals surface area contributed by atoms with Crippen LogP contribution in [-0.4, -0.2) is 49.8 Å². The number of aliphatic carboxylic acids is 1. The normalized spacial score (nSPS) is 13.8. The summed E-state index contributed by atoms with van der Waals surface area (Å²) in [5, 5.41) is 12.0. The lowest BCUT2D eigenvalue weighted by Crippen LogP contribution is -2.43. The minimum Gasteiger partial charge on any atom is -0.543 e. The van der Waals surface area contributed by atoms with Crippen LogP contribution in [0.5, 0.6) is 5.75 Å². The number of amides is 1. The number of nitrogens with one attached hydrogen (secondary N) is 2. The van der Waals surface area contributed by atoms with Crippen molar-refractivity contribution in [2.75, 3.05) is 10.4 Å². The van der Waals surface area contributed by atoms with Gasteiger partial charge >= 0.3 is 11.7 Å². The molecule has 53 heavy (non-hydrogen) atoms. The van der Waals surface area contributed by atoms with Gasteiger partial charge in [0.25, 0.3) is 5.56 Å². The number of benzene rings is 2. The quantitative estimate of drug-likeness (QED) is 0.105. The van der Waals surface area contributed by atoms with E-state index in [1.54, 1.807) is 5.38 Å². The van der Waals surface area contributed by atoms with Gasteiger partial charge in [0.15, 0.2) is 0 Å². The summed E-state index contributed by atoms with van der Waals surface area (Å²) in [4.78, 5) is 66.5. The molecule has 13 nitrogen and oxygen atoms in total. The molecule has 0 radical (unpaired) electrons. The number of aryl methyl sites for hydroxylation is 1. The first kappa shape index (κ1) is 37.1. The van der Waals surface area contributed by atoms with E-state index in [2.05, 4.69) is 84.4 Å². The Bertz CT molecular complexity index is 2380. The molecule has 0 saturated heterocycles. The Morgan fingerprint density at radius 2 is 1.74 bits per heavy atom. The zero-order chi connectivity index (χ0) is 38.2. The molecule has 0 saturated carbocycles. The summed E-state index contributed by atoms with van der Waals surface area (Å²) in [5.41, 5.74) is 6.95. The van der Waals surface area contributed by atoms with Gasteiger partial charge in [0.05, 0.1) is 12.1 Å². The SMILES string of the molecule is CCc1ccc2c(c1)C=Cc1cc(O[Si](C)(C)C(C)(C)C)ccc1C2c1cn(-c2ccnc(NN(C(C)=O)c3nc(CC(=O)O)cs3)n2)c(=O)[nH]c1=O. The van der Waals surface area contributed by atoms with Crippen molar-refractivity contribution in [3.63, 3.8) is 0 Å². The zero-order valence-corrected chi connectivity index (χ0v) is 32.4. The third kappa shape index (κ3) is 7.76. The summed E-state index contributed by atoms with van der Waals surface area (Å²) in [6.45, 7) is 14.4. The Hall–Kier alpha value is -5.67. The predicted octanol–water partition coefficient (Wildman–Crippen LogP) is 6.39. The van der Waals surface area contributed by atoms with Crippen LogP contribution in [-0.2, 0) is 22.4 Å². The van der Waals surface area contributed by atoms with E-state index in [1.165, 1.54) is 30.0 Å². The van der Waals surface area contributed by atoms with Crippen LogP contribution in [0.1, 0.15) is 79.6 Å². The van der Waals surface area contributed by atoms with Crippen molar-refractivity contribution in [1.82, 2.24) is 24.5 Å². The van der Waals surface area contributed by atoms with Crippen molar-refractivity contribution in [3.05, 3.63) is 120 Å². The second-order valence-corrected chi connectivity index (χ2v) is 19.9. The van der Waals surface area contributed by atoms with Crippen molar-refractivity contribution < 1.29 is 19.1 Å². The van der Waals surface area contributed by atoms with Crippen LogP contribution in [0.25, 0.3) is 18.0 Å². The highest BCUT2D eigenvalue weighted by Crippen LogP contribution is 2.42. The Labute approximate surface area is 311 Å². The number of carboxylic acid groups (broad SMARTS) is 1. The lowest BCUT2D eigenvalue weighted by Gasteiger charge is -2.36. The molecule has 1 atom stereocenters. The van der Waals surface area contributed by atoms with Gasteiger partial charge in [-0.1, -0.05) is 64.1 Å². The molecule has 15 heteroatoms. The number of H-pyrrole nitrogens is 1. The van der Waals surface area contributed by atoms with Gasteiger partial charge in [-0.2, -0.15) is 9.99 Å². The van der Waals surface area contributed by atoms with E-state index in [-0.39, 0.29) is 34.1 Å². The summed E-state index contributed by atoms with van der Waals surface area (Å²) >= 11 is 1.07. The van der Waals surface area contributed by atoms with Crippen LogP contribution in [0.3, 0.4) is 0 Å². The zero-order valence-electron chi connectivity index (χ0n) is 30.6. The summed E-state index contributed by atoms with van der Waals surface area (Å²) in [7, 11) is -2.15. The van der Waals surface area contributed by atoms with Crippen molar-refractivity contribution in [2.45, 2.75) is 71.5 Å². The summed E-state index contributed by atoms with van der Waals surface area (Å²) in [5.74, 6) is -1.22. The van der Waals surface area contributed by atoms with Gasteiger partial charge in [-0.05, 0) is 64.5 Å². The minimum absolute atomic E-state index is 0.000983. The van der Waals surface area contributed by atoms with Gasteiger partial charge < -0.3 is 9.53 Å². The Morgan fingerprint density at radius 3 is 2.40 bits per heavy atom. The van der Waals surface area contributed by atoms with E-state index >= 15 is 0 Å². The lowest BCUT2D eigenvalue weighted by atomic mass is 9.83. The third-order valence-corrected chi connectivity index (χ3v) is 14.9. The molecule has 0 spiro atoms. The number of carboxylic acids is 1. The monoisotopic (exact) mass is 751 g/mol. The molecule has 0 aliphatic heterocycles. The summed E-state index contributed by atoms with van der Waals surface area (Å²) in [6, 6.07) is 13.7. The van der Waals surface area contributed by atoms with Gasteiger partial charge in [0.2, 0.25) is 25.3 Å². The average molecular weight is 752 g/mol. The van der Waals surface area contributed by atoms with Crippen molar-refractivity contribution in [1.29, 1.82) is 0 Å². The van der Waals surface area contributed by atoms with E-state index < -0.39 is 37.4 Å². The van der Waals surface area contributed by atoms with Crippen LogP contribution in [0.15, 0.2) is 69.8 Å². The molecule has 0 bridgehead atoms. The lowest BCUT2D eigenvalue weighted by molar-refractivity contribution is -0.136. The summed E-state index contributed by atoms with van der Waals surface area (Å²) < 4.78 is 7.90. The summed E-state index contributed by atoms with van der Waals surface area (Å²) in [6.07, 6.45) is 7.56. The van der Waals surface area contributed by atoms with E-state index in [9.17, 15) is 19.2 Å². The first-order valence-corrected chi connectivity index (χ1v) is 20.9. The number of hydrogen-bond donors (Lipinski definition) is 3. The molecule has 3 aromatic heterocycles. The molecular weight excluding hydrogens is 711 g/mol. The van der Waals surface area contributed by atoms with E-state index in [1.807, 2.05) is 30.3 Å². The molecule has 5 aromatic rings. The number of anilines is 2. The molecule has 1 unspecified atom stereocenters. The molecule has 6 rings (SSSR count). The third-order valence-electron chi connectivity index (χ3n) is 9.62. The molecule has 3 heterocycles. The number of aromatic amines is 1. The van der Waals surface area contributed by atoms with E-state index in [0.717, 1.165) is 56.3 Å². The molecule has 1 aliphatic rings. The molecule has 3 N–H and O–H groups in total. The van der Waals surface area contributed by atoms with Gasteiger partial charge in [-0.15, -0.1) is 11.3 Å². The second kappa shape index (κ2) is 14.4. The molecular formula is C38H41N7O6SSi. The Morgan fingerprint density at radius 1 is 1.04 bits per heavy atom. The van der Waals surface area contributed by atoms with Gasteiger partial charge in [0, 0.05) is 42.2 Å². The molecule has 1 amide bonds. The number of hydrazine groups is 1. The maximum absolute atomic E-state index is 13.8. The number of aromatic nitrogens is 5. The molecule has 274 valence electrons. The molecule has 0 fully saturated rings. The average Bonchev–Trinajstić information content (AvgIpc) is 3.48. The first-order chi connectivity index (χ1) is 25.0. The van der Waals surface area contributed by atoms with E-state index in [0.29, 0.717) is 5.56 Å². The highest BCUT2D eigenvalue weighted by Gasteiger charge is 2.39. The topological polar surface area (TPSA) is 172 Å². The van der Waals surface area contributed by atoms with Crippen LogP contribution >= 0.6 is 11.3 Å². The number of nitrogens with zero attached hydrogens (tertiary/aromatic N) is 5. The van der Waals surface area contributed by atoms with E-state index in [4.69, 9.17) is 9.53 Å². The van der Waals surface area contributed by atoms with Gasteiger partial charge in [-0.25, -0.2) is 14.8 Å². The molecule has 1 aliphatic carbocycles. The van der Waals surface area contributed by atoms with Crippen LogP contribution < -0.4 is 26.1 Å². The number of carbonyl (C=O) groups is 2. The van der Waals surface area contributed by atoms with Crippen LogP contribution in [0.4, 0.5) is 11.1 Å². The number of fused-ring (bicyclic) bond motifs is 2. The number of thiazole rings is 1. The largest absolute Gasteiger partial charge is 0.543 e. The minimum atomic E-state index is -2.15. The number of hydrogen-bond acceptors (Lipinski definition) is 10. The van der Waals surface area contributed by atoms with Crippen molar-refractivity contribution >= 4 is 54.8 Å². The predicted molar refractivity (Wildman–Crippen MR) is 208 cm³/mol. The van der Waals surface area contributed by atoms with Crippen molar-refractivity contribution in [2.24, 2.45) is 0 Å². The fraction of sp³-hybridized carbons (Fsp3) is 0.289. The Balaban J connectivity index is 1.43. The fourth-order valence-electron chi connectivity index (χ4n) is 5.80. The number of carbonyl (C=O) groups excluding carboxylic acids is 1. The Kier molecular flexibility index (Phi) is 10.1. The van der Waals surface area contributed by atoms with Crippen LogP contribution in [0, 0.1) is 0 Å². The fourth-order valence-corrected chi connectivity index (χ4v) is 7.65. The molecule has 2 aromatic carbocycles. The first-order valence-electron chi connectivity index (χ1n) is 17.1. The highest BCUT2D eigenvalue weighted by atomic mass is 32.1. The van der Waals surface area contributed by atoms with Crippen molar-refractivity contribution in [3.8, 4) is 11.6 Å². The van der Waals surface area contributed by atoms with Gasteiger partial charge in [-0.3, -0.25) is 29.4 Å². The number of rotatable bonds is 10. The second-order valence-electron chi connectivity index (χ2n) is 14.3.